The molecule has 1 saturated carbocycles. The molecule has 0 bridgehead atoms. The fraction of sp³-hybridized carbons (Fsp3) is 0.526. The maximum Gasteiger partial charge on any atom is 0.257 e. The molecular formula is C19H24N4O2. The fourth-order valence-electron chi connectivity index (χ4n) is 3.61. The van der Waals surface area contributed by atoms with Crippen molar-refractivity contribution in [3.8, 4) is 0 Å². The van der Waals surface area contributed by atoms with E-state index >= 15 is 0 Å². The van der Waals surface area contributed by atoms with Crippen molar-refractivity contribution in [2.75, 3.05) is 18.4 Å². The molecule has 6 nitrogen and oxygen atoms in total. The second-order valence-electron chi connectivity index (χ2n) is 7.04. The highest BCUT2D eigenvalue weighted by Crippen LogP contribution is 2.27. The van der Waals surface area contributed by atoms with Crippen molar-refractivity contribution in [1.29, 1.82) is 0 Å². The maximum atomic E-state index is 12.9. The molecule has 2 aliphatic rings. The molecule has 1 aliphatic heterocycles. The second-order valence-corrected chi connectivity index (χ2v) is 7.04. The van der Waals surface area contributed by atoms with Crippen molar-refractivity contribution in [3.05, 3.63) is 40.7 Å². The predicted molar refractivity (Wildman–Crippen MR) is 94.8 cm³/mol. The minimum Gasteiger partial charge on any atom is -0.466 e. The van der Waals surface area contributed by atoms with E-state index in [0.29, 0.717) is 30.5 Å². The van der Waals surface area contributed by atoms with Gasteiger partial charge >= 0.3 is 0 Å². The van der Waals surface area contributed by atoms with Crippen LogP contribution in [0.15, 0.2) is 16.8 Å². The van der Waals surface area contributed by atoms with E-state index in [0.717, 1.165) is 30.1 Å². The van der Waals surface area contributed by atoms with Gasteiger partial charge in [-0.25, -0.2) is 9.97 Å². The number of aryl methyl sites for hydroxylation is 2. The fourth-order valence-corrected chi connectivity index (χ4v) is 3.61. The molecule has 132 valence electrons. The summed E-state index contributed by atoms with van der Waals surface area (Å²) in [5.74, 6) is 2.47. The number of fused-ring (bicyclic) bond motifs is 1. The molecule has 6 heteroatoms. The number of nitrogens with zero attached hydrogens (tertiary/aromatic N) is 3. The van der Waals surface area contributed by atoms with Gasteiger partial charge in [-0.05, 0) is 45.6 Å². The van der Waals surface area contributed by atoms with Crippen molar-refractivity contribution in [2.45, 2.75) is 52.0 Å². The van der Waals surface area contributed by atoms with E-state index < -0.39 is 0 Å². The van der Waals surface area contributed by atoms with Gasteiger partial charge in [0.2, 0.25) is 0 Å². The van der Waals surface area contributed by atoms with Crippen LogP contribution in [0.25, 0.3) is 0 Å². The number of furan rings is 1. The average molecular weight is 340 g/mol. The first kappa shape index (κ1) is 16.1. The van der Waals surface area contributed by atoms with Crippen LogP contribution in [0.2, 0.25) is 0 Å². The molecule has 1 aliphatic carbocycles. The van der Waals surface area contributed by atoms with Crippen LogP contribution in [-0.2, 0) is 12.8 Å². The average Bonchev–Trinajstić information content (AvgIpc) is 2.77. The number of amides is 1. The van der Waals surface area contributed by atoms with Crippen molar-refractivity contribution >= 4 is 11.7 Å². The molecule has 0 radical (unpaired) electrons. The molecule has 3 heterocycles. The van der Waals surface area contributed by atoms with Crippen LogP contribution in [0, 0.1) is 13.8 Å². The molecule has 1 fully saturated rings. The summed E-state index contributed by atoms with van der Waals surface area (Å²) >= 11 is 0. The molecule has 4 rings (SSSR count). The third-order valence-corrected chi connectivity index (χ3v) is 5.29. The number of hydrogen-bond acceptors (Lipinski definition) is 5. The first-order valence-electron chi connectivity index (χ1n) is 9.07. The molecular weight excluding hydrogens is 316 g/mol. The molecule has 0 spiro atoms. The van der Waals surface area contributed by atoms with Gasteiger partial charge in [0.1, 0.15) is 23.7 Å². The lowest BCUT2D eigenvalue weighted by Gasteiger charge is -2.28. The smallest absolute Gasteiger partial charge is 0.257 e. The Morgan fingerprint density at radius 1 is 1.24 bits per heavy atom. The standard InChI is InChI=1S/C19H24N4O2/c1-12-10-16(13(2)25-12)19(24)23-8-6-15-17(7-9-23)20-11-21-18(15)22-14-4-3-5-14/h10-11,14H,3-9H2,1-2H3,(H,20,21,22). The lowest BCUT2D eigenvalue weighted by Crippen LogP contribution is -2.33. The normalized spacial score (nSPS) is 17.6. The van der Waals surface area contributed by atoms with Crippen LogP contribution in [0.3, 0.4) is 0 Å². The Bertz CT molecular complexity index is 795. The third kappa shape index (κ3) is 3.13. The Morgan fingerprint density at radius 3 is 2.72 bits per heavy atom. The summed E-state index contributed by atoms with van der Waals surface area (Å²) in [7, 11) is 0. The van der Waals surface area contributed by atoms with Crippen LogP contribution in [-0.4, -0.2) is 39.9 Å². The minimum atomic E-state index is 0.0450. The van der Waals surface area contributed by atoms with Gasteiger partial charge in [-0.15, -0.1) is 0 Å². The van der Waals surface area contributed by atoms with Gasteiger partial charge in [-0.3, -0.25) is 4.79 Å². The summed E-state index contributed by atoms with van der Waals surface area (Å²) in [5.41, 5.74) is 2.90. The monoisotopic (exact) mass is 340 g/mol. The molecule has 2 aromatic rings. The molecule has 1 N–H and O–H groups in total. The van der Waals surface area contributed by atoms with Crippen molar-refractivity contribution in [3.63, 3.8) is 0 Å². The van der Waals surface area contributed by atoms with E-state index in [1.54, 1.807) is 6.33 Å². The van der Waals surface area contributed by atoms with Gasteiger partial charge in [0.15, 0.2) is 0 Å². The number of rotatable bonds is 3. The number of hydrogen-bond donors (Lipinski definition) is 1. The van der Waals surface area contributed by atoms with E-state index in [4.69, 9.17) is 4.42 Å². The van der Waals surface area contributed by atoms with E-state index in [-0.39, 0.29) is 5.91 Å². The summed E-state index contributed by atoms with van der Waals surface area (Å²) in [6, 6.07) is 2.37. The van der Waals surface area contributed by atoms with Gasteiger partial charge in [0.25, 0.3) is 5.91 Å². The molecule has 0 saturated heterocycles. The number of aromatic nitrogens is 2. The van der Waals surface area contributed by atoms with Gasteiger partial charge in [-0.1, -0.05) is 0 Å². The Balaban J connectivity index is 1.52. The van der Waals surface area contributed by atoms with E-state index in [1.165, 1.54) is 24.8 Å². The molecule has 0 aromatic carbocycles. The van der Waals surface area contributed by atoms with Crippen LogP contribution < -0.4 is 5.32 Å². The van der Waals surface area contributed by atoms with Gasteiger partial charge < -0.3 is 14.6 Å². The topological polar surface area (TPSA) is 71.3 Å². The van der Waals surface area contributed by atoms with Gasteiger partial charge in [0.05, 0.1) is 11.3 Å². The van der Waals surface area contributed by atoms with Crippen molar-refractivity contribution < 1.29 is 9.21 Å². The summed E-state index contributed by atoms with van der Waals surface area (Å²) in [4.78, 5) is 23.7. The van der Waals surface area contributed by atoms with Crippen molar-refractivity contribution in [2.24, 2.45) is 0 Å². The van der Waals surface area contributed by atoms with Crippen LogP contribution in [0.1, 0.15) is 52.4 Å². The lowest BCUT2D eigenvalue weighted by atomic mass is 9.93. The minimum absolute atomic E-state index is 0.0450. The zero-order chi connectivity index (χ0) is 17.4. The van der Waals surface area contributed by atoms with Crippen molar-refractivity contribution in [1.82, 2.24) is 14.9 Å². The molecule has 25 heavy (non-hydrogen) atoms. The number of carbonyl (C=O) groups is 1. The maximum absolute atomic E-state index is 12.9. The summed E-state index contributed by atoms with van der Waals surface area (Å²) in [5, 5.41) is 3.55. The Morgan fingerprint density at radius 2 is 2.04 bits per heavy atom. The van der Waals surface area contributed by atoms with E-state index in [2.05, 4.69) is 15.3 Å². The zero-order valence-electron chi connectivity index (χ0n) is 14.8. The van der Waals surface area contributed by atoms with Crippen LogP contribution in [0.5, 0.6) is 0 Å². The van der Waals surface area contributed by atoms with Gasteiger partial charge in [-0.2, -0.15) is 0 Å². The highest BCUT2D eigenvalue weighted by atomic mass is 16.3. The summed E-state index contributed by atoms with van der Waals surface area (Å²) in [6.45, 7) is 5.08. The third-order valence-electron chi connectivity index (χ3n) is 5.29. The quantitative estimate of drug-likeness (QED) is 0.930. The number of nitrogens with one attached hydrogen (secondary N) is 1. The molecule has 0 unspecified atom stereocenters. The Hall–Kier alpha value is -2.37. The van der Waals surface area contributed by atoms with Crippen LogP contribution >= 0.6 is 0 Å². The second kappa shape index (κ2) is 6.50. The highest BCUT2D eigenvalue weighted by Gasteiger charge is 2.26. The Kier molecular flexibility index (Phi) is 4.19. The lowest BCUT2D eigenvalue weighted by molar-refractivity contribution is 0.0761. The highest BCUT2D eigenvalue weighted by molar-refractivity contribution is 5.95. The zero-order valence-corrected chi connectivity index (χ0v) is 14.8. The largest absolute Gasteiger partial charge is 0.466 e. The SMILES string of the molecule is Cc1cc(C(=O)N2CCc3ncnc(NC4CCC4)c3CC2)c(C)o1. The van der Waals surface area contributed by atoms with E-state index in [9.17, 15) is 4.79 Å². The summed E-state index contributed by atoms with van der Waals surface area (Å²) < 4.78 is 5.52. The van der Waals surface area contributed by atoms with E-state index in [1.807, 2.05) is 24.8 Å². The predicted octanol–water partition coefficient (Wildman–Crippen LogP) is 2.89. The molecule has 1 amide bonds. The van der Waals surface area contributed by atoms with Gasteiger partial charge in [0, 0.05) is 31.1 Å². The summed E-state index contributed by atoms with van der Waals surface area (Å²) in [6.07, 6.45) is 6.90. The van der Waals surface area contributed by atoms with Crippen LogP contribution in [0.4, 0.5) is 5.82 Å². The first-order valence-corrected chi connectivity index (χ1v) is 9.07. The number of anilines is 1. The first-order chi connectivity index (χ1) is 12.1. The number of carbonyl (C=O) groups excluding carboxylic acids is 1. The molecule has 0 atom stereocenters. The Labute approximate surface area is 147 Å². The molecule has 2 aromatic heterocycles.